The summed E-state index contributed by atoms with van der Waals surface area (Å²) >= 11 is 0. The van der Waals surface area contributed by atoms with Crippen LogP contribution in [0, 0.1) is 0 Å². The molecule has 1 aliphatic rings. The molecule has 1 aromatic carbocycles. The van der Waals surface area contributed by atoms with Crippen LogP contribution in [0.1, 0.15) is 25.8 Å². The molecule has 0 saturated carbocycles. The molecule has 1 amide bonds. The van der Waals surface area contributed by atoms with Crippen molar-refractivity contribution in [2.45, 2.75) is 38.0 Å². The number of aliphatic hydroxyl groups excluding tert-OH is 1. The smallest absolute Gasteiger partial charge is 0.412 e. The molecule has 110 valence electrons. The van der Waals surface area contributed by atoms with Crippen LogP contribution in [0.25, 0.3) is 0 Å². The van der Waals surface area contributed by atoms with E-state index in [0.717, 1.165) is 5.56 Å². The summed E-state index contributed by atoms with van der Waals surface area (Å²) in [5.74, 6) is 0. The quantitative estimate of drug-likeness (QED) is 0.857. The molecule has 5 nitrogen and oxygen atoms in total. The first kappa shape index (κ1) is 14.8. The molecule has 0 aromatic heterocycles. The number of amides is 1. The first-order valence-corrected chi connectivity index (χ1v) is 6.78. The molecule has 2 N–H and O–H groups in total. The Morgan fingerprint density at radius 3 is 2.50 bits per heavy atom. The average molecular weight is 279 g/mol. The van der Waals surface area contributed by atoms with Crippen molar-refractivity contribution in [2.75, 3.05) is 13.2 Å². The summed E-state index contributed by atoms with van der Waals surface area (Å²) in [5.41, 5.74) is -1.29. The maximum atomic E-state index is 11.8. The van der Waals surface area contributed by atoms with Gasteiger partial charge < -0.3 is 14.9 Å². The first-order valence-electron chi connectivity index (χ1n) is 6.78. The number of nitrogens with zero attached hydrogens (tertiary/aromatic N) is 1. The Morgan fingerprint density at radius 1 is 1.25 bits per heavy atom. The van der Waals surface area contributed by atoms with Gasteiger partial charge in [0.2, 0.25) is 0 Å². The number of carbonyl (C=O) groups is 1. The summed E-state index contributed by atoms with van der Waals surface area (Å²) in [6, 6.07) is 9.85. The van der Waals surface area contributed by atoms with Gasteiger partial charge in [-0.1, -0.05) is 30.3 Å². The summed E-state index contributed by atoms with van der Waals surface area (Å²) < 4.78 is 5.38. The van der Waals surface area contributed by atoms with E-state index in [1.54, 1.807) is 13.8 Å². The Hall–Kier alpha value is -1.59. The lowest BCUT2D eigenvalue weighted by molar-refractivity contribution is -0.140. The maximum Gasteiger partial charge on any atom is 0.412 e. The molecular weight excluding hydrogens is 258 g/mol. The second-order valence-electron chi connectivity index (χ2n) is 5.48. The standard InChI is InChI=1S/C15H21NO4/c1-14(9-8-12-6-4-3-5-7-12)15(2,19)16(10-11-17)13(18)20-14/h3-7,17,19H,8-11H2,1-2H3/t14-,15+/m0/s1. The van der Waals surface area contributed by atoms with Gasteiger partial charge in [0.05, 0.1) is 13.2 Å². The van der Waals surface area contributed by atoms with Crippen LogP contribution >= 0.6 is 0 Å². The zero-order valence-electron chi connectivity index (χ0n) is 11.9. The lowest BCUT2D eigenvalue weighted by atomic mass is 9.87. The summed E-state index contributed by atoms with van der Waals surface area (Å²) in [4.78, 5) is 13.0. The number of ether oxygens (including phenoxy) is 1. The monoisotopic (exact) mass is 279 g/mol. The zero-order chi connectivity index (χ0) is 14.8. The number of carbonyl (C=O) groups excluding carboxylic acids is 1. The number of hydrogen-bond donors (Lipinski definition) is 2. The molecule has 0 spiro atoms. The molecule has 1 aliphatic heterocycles. The Bertz CT molecular complexity index is 474. The van der Waals surface area contributed by atoms with Crippen LogP contribution in [0.15, 0.2) is 30.3 Å². The van der Waals surface area contributed by atoms with E-state index >= 15 is 0 Å². The Balaban J connectivity index is 2.11. The van der Waals surface area contributed by atoms with Gasteiger partial charge in [-0.3, -0.25) is 4.90 Å². The highest BCUT2D eigenvalue weighted by Crippen LogP contribution is 2.40. The van der Waals surface area contributed by atoms with Crippen molar-refractivity contribution >= 4 is 6.09 Å². The second kappa shape index (κ2) is 5.42. The van der Waals surface area contributed by atoms with Crippen molar-refractivity contribution in [3.05, 3.63) is 35.9 Å². The molecule has 0 unspecified atom stereocenters. The first-order chi connectivity index (χ1) is 9.40. The Kier molecular flexibility index (Phi) is 4.01. The fraction of sp³-hybridized carbons (Fsp3) is 0.533. The number of aryl methyl sites for hydroxylation is 1. The van der Waals surface area contributed by atoms with Crippen molar-refractivity contribution in [1.82, 2.24) is 4.90 Å². The van der Waals surface area contributed by atoms with Crippen LogP contribution in [0.5, 0.6) is 0 Å². The van der Waals surface area contributed by atoms with E-state index in [9.17, 15) is 9.90 Å². The molecule has 1 aromatic rings. The molecule has 2 rings (SSSR count). The molecule has 20 heavy (non-hydrogen) atoms. The van der Waals surface area contributed by atoms with Gasteiger partial charge in [-0.2, -0.15) is 0 Å². The number of hydrogen-bond acceptors (Lipinski definition) is 4. The van der Waals surface area contributed by atoms with Gasteiger partial charge in [0.1, 0.15) is 0 Å². The lowest BCUT2D eigenvalue weighted by Crippen LogP contribution is -2.55. The Labute approximate surface area is 118 Å². The SMILES string of the molecule is C[C@]1(O)N(CCO)C(=O)O[C@@]1(C)CCc1ccccc1. The van der Waals surface area contributed by atoms with E-state index in [1.807, 2.05) is 30.3 Å². The molecule has 0 bridgehead atoms. The minimum atomic E-state index is -1.43. The minimum absolute atomic E-state index is 0.0623. The summed E-state index contributed by atoms with van der Waals surface area (Å²) in [7, 11) is 0. The molecule has 0 aliphatic carbocycles. The third-order valence-electron chi connectivity index (χ3n) is 4.12. The van der Waals surface area contributed by atoms with Crippen molar-refractivity contribution in [3.8, 4) is 0 Å². The highest BCUT2D eigenvalue weighted by molar-refractivity contribution is 5.72. The van der Waals surface area contributed by atoms with Gasteiger partial charge in [0, 0.05) is 0 Å². The third kappa shape index (κ3) is 2.51. The van der Waals surface area contributed by atoms with E-state index in [4.69, 9.17) is 9.84 Å². The van der Waals surface area contributed by atoms with Gasteiger partial charge in [-0.25, -0.2) is 4.79 Å². The van der Waals surface area contributed by atoms with Crippen molar-refractivity contribution in [1.29, 1.82) is 0 Å². The van der Waals surface area contributed by atoms with Gasteiger partial charge in [0.25, 0.3) is 0 Å². The lowest BCUT2D eigenvalue weighted by Gasteiger charge is -2.37. The fourth-order valence-corrected chi connectivity index (χ4v) is 2.53. The average Bonchev–Trinajstić information content (AvgIpc) is 2.58. The third-order valence-corrected chi connectivity index (χ3v) is 4.12. The number of rotatable bonds is 5. The van der Waals surface area contributed by atoms with Crippen LogP contribution in [0.3, 0.4) is 0 Å². The van der Waals surface area contributed by atoms with Gasteiger partial charge in [-0.05, 0) is 32.3 Å². The molecule has 1 fully saturated rings. The molecule has 5 heteroatoms. The fourth-order valence-electron chi connectivity index (χ4n) is 2.53. The topological polar surface area (TPSA) is 70.0 Å². The van der Waals surface area contributed by atoms with Gasteiger partial charge >= 0.3 is 6.09 Å². The van der Waals surface area contributed by atoms with Gasteiger partial charge in [0.15, 0.2) is 11.3 Å². The summed E-state index contributed by atoms with van der Waals surface area (Å²) in [5, 5.41) is 19.6. The Morgan fingerprint density at radius 2 is 1.90 bits per heavy atom. The van der Waals surface area contributed by atoms with E-state index in [2.05, 4.69) is 0 Å². The second-order valence-corrected chi connectivity index (χ2v) is 5.48. The molecule has 2 atom stereocenters. The van der Waals surface area contributed by atoms with E-state index in [1.165, 1.54) is 4.90 Å². The van der Waals surface area contributed by atoms with Crippen molar-refractivity contribution in [3.63, 3.8) is 0 Å². The largest absolute Gasteiger partial charge is 0.438 e. The molecule has 1 saturated heterocycles. The summed E-state index contributed by atoms with van der Waals surface area (Å²) in [6.07, 6.45) is 0.630. The minimum Gasteiger partial charge on any atom is -0.438 e. The van der Waals surface area contributed by atoms with Gasteiger partial charge in [-0.15, -0.1) is 0 Å². The van der Waals surface area contributed by atoms with Crippen LogP contribution in [0.2, 0.25) is 0 Å². The number of benzene rings is 1. The van der Waals surface area contributed by atoms with Crippen molar-refractivity contribution in [2.24, 2.45) is 0 Å². The molecule has 0 radical (unpaired) electrons. The van der Waals surface area contributed by atoms with Crippen molar-refractivity contribution < 1.29 is 19.7 Å². The molecular formula is C15H21NO4. The predicted octanol–water partition coefficient (Wildman–Crippen LogP) is 1.53. The zero-order valence-corrected chi connectivity index (χ0v) is 11.9. The highest BCUT2D eigenvalue weighted by atomic mass is 16.6. The van der Waals surface area contributed by atoms with Crippen LogP contribution in [-0.2, 0) is 11.2 Å². The van der Waals surface area contributed by atoms with Crippen LogP contribution in [0.4, 0.5) is 4.79 Å². The number of β-amino-alcohol motifs (C(OH)–C–C–N with tert-alkyl or cyclic N) is 1. The predicted molar refractivity (Wildman–Crippen MR) is 74.1 cm³/mol. The molecule has 1 heterocycles. The van der Waals surface area contributed by atoms with E-state index < -0.39 is 17.4 Å². The van der Waals surface area contributed by atoms with Crippen LogP contribution < -0.4 is 0 Å². The maximum absolute atomic E-state index is 11.8. The van der Waals surface area contributed by atoms with E-state index in [-0.39, 0.29) is 13.2 Å². The number of cyclic esters (lactones) is 1. The highest BCUT2D eigenvalue weighted by Gasteiger charge is 2.58. The normalized spacial score (nSPS) is 29.6. The van der Waals surface area contributed by atoms with Crippen LogP contribution in [-0.4, -0.2) is 45.7 Å². The number of aliphatic hydroxyl groups is 2. The van der Waals surface area contributed by atoms with E-state index in [0.29, 0.717) is 12.8 Å². The summed E-state index contributed by atoms with van der Waals surface area (Å²) in [6.45, 7) is 3.14.